The molecular formula is C23H20N2O4S2. The van der Waals surface area contributed by atoms with E-state index in [1.807, 2.05) is 30.3 Å². The fourth-order valence-corrected chi connectivity index (χ4v) is 6.47. The molecule has 8 heteroatoms. The number of sulfone groups is 1. The van der Waals surface area contributed by atoms with Crippen molar-refractivity contribution in [2.45, 2.75) is 23.0 Å². The number of benzene rings is 2. The average molecular weight is 453 g/mol. The summed E-state index contributed by atoms with van der Waals surface area (Å²) in [5.41, 5.74) is 8.52. The van der Waals surface area contributed by atoms with Gasteiger partial charge in [0.15, 0.2) is 0 Å². The first-order valence-electron chi connectivity index (χ1n) is 9.61. The number of esters is 1. The number of thiophene rings is 1. The van der Waals surface area contributed by atoms with E-state index < -0.39 is 15.8 Å². The summed E-state index contributed by atoms with van der Waals surface area (Å²) in [6.07, 6.45) is 0. The minimum atomic E-state index is -3.85. The van der Waals surface area contributed by atoms with Crippen LogP contribution in [0.4, 0.5) is 5.69 Å². The quantitative estimate of drug-likeness (QED) is 0.434. The molecule has 0 radical (unpaired) electrons. The summed E-state index contributed by atoms with van der Waals surface area (Å²) in [7, 11) is -3.85. The van der Waals surface area contributed by atoms with Crippen LogP contribution in [0.5, 0.6) is 0 Å². The SMILES string of the molecule is CCOC(=O)c1c(C)nc2sc(S(=O)(=O)c3ccccc3)c(N)c2c1-c1ccccc1. The molecule has 4 rings (SSSR count). The minimum Gasteiger partial charge on any atom is -0.462 e. The normalized spacial score (nSPS) is 11.5. The number of pyridine rings is 1. The number of nitrogens with zero attached hydrogens (tertiary/aromatic N) is 1. The van der Waals surface area contributed by atoms with Crippen molar-refractivity contribution in [3.8, 4) is 11.1 Å². The van der Waals surface area contributed by atoms with E-state index in [9.17, 15) is 13.2 Å². The summed E-state index contributed by atoms with van der Waals surface area (Å²) in [6.45, 7) is 3.64. The predicted octanol–water partition coefficient (Wildman–Crippen LogP) is 4.86. The molecule has 0 saturated heterocycles. The highest BCUT2D eigenvalue weighted by Gasteiger charge is 2.30. The third kappa shape index (κ3) is 3.58. The van der Waals surface area contributed by atoms with Crippen molar-refractivity contribution in [3.05, 3.63) is 71.9 Å². The third-order valence-electron chi connectivity index (χ3n) is 4.86. The zero-order chi connectivity index (χ0) is 22.2. The molecule has 0 bridgehead atoms. The van der Waals surface area contributed by atoms with Crippen molar-refractivity contribution in [1.82, 2.24) is 4.98 Å². The van der Waals surface area contributed by atoms with E-state index in [4.69, 9.17) is 10.5 Å². The van der Waals surface area contributed by atoms with Gasteiger partial charge in [0, 0.05) is 10.9 Å². The number of anilines is 1. The number of rotatable bonds is 5. The molecule has 0 fully saturated rings. The van der Waals surface area contributed by atoms with E-state index in [-0.39, 0.29) is 27.0 Å². The Hall–Kier alpha value is -3.23. The van der Waals surface area contributed by atoms with Gasteiger partial charge >= 0.3 is 5.97 Å². The van der Waals surface area contributed by atoms with Crippen LogP contribution in [0.1, 0.15) is 23.0 Å². The number of hydrogen-bond donors (Lipinski definition) is 1. The second kappa shape index (κ2) is 8.13. The molecule has 2 heterocycles. The van der Waals surface area contributed by atoms with Crippen molar-refractivity contribution in [1.29, 1.82) is 0 Å². The molecule has 0 atom stereocenters. The Labute approximate surface area is 184 Å². The maximum Gasteiger partial charge on any atom is 0.340 e. The minimum absolute atomic E-state index is 0.0128. The fourth-order valence-electron chi connectivity index (χ4n) is 3.50. The van der Waals surface area contributed by atoms with E-state index >= 15 is 0 Å². The largest absolute Gasteiger partial charge is 0.462 e. The first kappa shape index (κ1) is 21.0. The van der Waals surface area contributed by atoms with Crippen LogP contribution in [0.3, 0.4) is 0 Å². The van der Waals surface area contributed by atoms with Gasteiger partial charge in [-0.3, -0.25) is 0 Å². The number of fused-ring (bicyclic) bond motifs is 1. The Bertz CT molecular complexity index is 1380. The molecule has 0 amide bonds. The number of nitrogens with two attached hydrogens (primary N) is 1. The van der Waals surface area contributed by atoms with Crippen LogP contribution in [0.15, 0.2) is 69.8 Å². The van der Waals surface area contributed by atoms with Gasteiger partial charge in [0.05, 0.1) is 28.4 Å². The second-order valence-electron chi connectivity index (χ2n) is 6.83. The Balaban J connectivity index is 2.09. The number of aromatic nitrogens is 1. The smallest absolute Gasteiger partial charge is 0.340 e. The summed E-state index contributed by atoms with van der Waals surface area (Å²) < 4.78 is 31.9. The van der Waals surface area contributed by atoms with Crippen molar-refractivity contribution in [2.75, 3.05) is 12.3 Å². The van der Waals surface area contributed by atoms with Gasteiger partial charge in [-0.05, 0) is 31.5 Å². The van der Waals surface area contributed by atoms with Gasteiger partial charge in [0.1, 0.15) is 9.04 Å². The van der Waals surface area contributed by atoms with Gasteiger partial charge in [0.2, 0.25) is 9.84 Å². The highest BCUT2D eigenvalue weighted by molar-refractivity contribution is 7.93. The van der Waals surface area contributed by atoms with Crippen molar-refractivity contribution < 1.29 is 17.9 Å². The Morgan fingerprint density at radius 2 is 1.68 bits per heavy atom. The molecule has 0 saturated carbocycles. The van der Waals surface area contributed by atoms with E-state index in [0.29, 0.717) is 21.5 Å². The fraction of sp³-hybridized carbons (Fsp3) is 0.130. The van der Waals surface area contributed by atoms with Crippen LogP contribution < -0.4 is 5.73 Å². The Kier molecular flexibility index (Phi) is 5.51. The van der Waals surface area contributed by atoms with Crippen LogP contribution in [0.2, 0.25) is 0 Å². The highest BCUT2D eigenvalue weighted by atomic mass is 32.2. The monoisotopic (exact) mass is 452 g/mol. The van der Waals surface area contributed by atoms with Crippen LogP contribution in [0, 0.1) is 6.92 Å². The molecule has 4 aromatic rings. The molecule has 0 aliphatic rings. The molecule has 0 aliphatic heterocycles. The lowest BCUT2D eigenvalue weighted by molar-refractivity contribution is 0.0526. The van der Waals surface area contributed by atoms with Crippen LogP contribution in [-0.4, -0.2) is 26.0 Å². The van der Waals surface area contributed by atoms with Gasteiger partial charge in [0.25, 0.3) is 0 Å². The zero-order valence-electron chi connectivity index (χ0n) is 17.0. The Morgan fingerprint density at radius 1 is 1.06 bits per heavy atom. The second-order valence-corrected chi connectivity index (χ2v) is 9.98. The maximum atomic E-state index is 13.3. The molecule has 2 aromatic heterocycles. The van der Waals surface area contributed by atoms with E-state index in [1.54, 1.807) is 32.0 Å². The standard InChI is InChI=1S/C23H20N2O4S2/c1-3-29-22(26)17-14(2)25-21-19(18(17)15-10-6-4-7-11-15)20(24)23(30-21)31(27,28)16-12-8-5-9-13-16/h4-13H,3,24H2,1-2H3. The number of nitrogen functional groups attached to an aromatic ring is 1. The molecule has 0 spiro atoms. The number of carbonyl (C=O) groups is 1. The molecule has 31 heavy (non-hydrogen) atoms. The van der Waals surface area contributed by atoms with Gasteiger partial charge < -0.3 is 10.5 Å². The summed E-state index contributed by atoms with van der Waals surface area (Å²) in [5.74, 6) is -0.522. The third-order valence-corrected chi connectivity index (χ3v) is 8.27. The lowest BCUT2D eigenvalue weighted by atomic mass is 9.96. The molecule has 6 nitrogen and oxygen atoms in total. The van der Waals surface area contributed by atoms with Crippen LogP contribution >= 0.6 is 11.3 Å². The summed E-state index contributed by atoms with van der Waals surface area (Å²) >= 11 is 1.01. The molecule has 158 valence electrons. The predicted molar refractivity (Wildman–Crippen MR) is 122 cm³/mol. The summed E-state index contributed by atoms with van der Waals surface area (Å²) in [5, 5.41) is 0.444. The molecule has 2 N–H and O–H groups in total. The zero-order valence-corrected chi connectivity index (χ0v) is 18.6. The number of carbonyl (C=O) groups excluding carboxylic acids is 1. The number of aryl methyl sites for hydroxylation is 1. The number of ether oxygens (including phenoxy) is 1. The summed E-state index contributed by atoms with van der Waals surface area (Å²) in [4.78, 5) is 18.0. The number of hydrogen-bond acceptors (Lipinski definition) is 7. The molecule has 0 unspecified atom stereocenters. The van der Waals surface area contributed by atoms with Gasteiger partial charge in [-0.1, -0.05) is 48.5 Å². The van der Waals surface area contributed by atoms with E-state index in [2.05, 4.69) is 4.98 Å². The first-order chi connectivity index (χ1) is 14.9. The van der Waals surface area contributed by atoms with Gasteiger partial charge in [-0.25, -0.2) is 18.2 Å². The van der Waals surface area contributed by atoms with Crippen LogP contribution in [-0.2, 0) is 14.6 Å². The lowest BCUT2D eigenvalue weighted by Crippen LogP contribution is -2.10. The Morgan fingerprint density at radius 3 is 2.29 bits per heavy atom. The van der Waals surface area contributed by atoms with E-state index in [1.165, 1.54) is 12.1 Å². The van der Waals surface area contributed by atoms with Crippen LogP contribution in [0.25, 0.3) is 21.3 Å². The van der Waals surface area contributed by atoms with Crippen molar-refractivity contribution in [2.24, 2.45) is 0 Å². The molecular weight excluding hydrogens is 432 g/mol. The van der Waals surface area contributed by atoms with Gasteiger partial charge in [-0.15, -0.1) is 11.3 Å². The van der Waals surface area contributed by atoms with Crippen molar-refractivity contribution in [3.63, 3.8) is 0 Å². The lowest BCUT2D eigenvalue weighted by Gasteiger charge is -2.13. The van der Waals surface area contributed by atoms with Gasteiger partial charge in [-0.2, -0.15) is 0 Å². The topological polar surface area (TPSA) is 99.3 Å². The molecule has 0 aliphatic carbocycles. The average Bonchev–Trinajstić information content (AvgIpc) is 3.10. The summed E-state index contributed by atoms with van der Waals surface area (Å²) in [6, 6.07) is 17.4. The molecule has 2 aromatic carbocycles. The highest BCUT2D eigenvalue weighted by Crippen LogP contribution is 2.45. The first-order valence-corrected chi connectivity index (χ1v) is 11.9. The maximum absolute atomic E-state index is 13.3. The van der Waals surface area contributed by atoms with E-state index in [0.717, 1.165) is 16.9 Å². The van der Waals surface area contributed by atoms with Crippen molar-refractivity contribution >= 4 is 43.0 Å².